The van der Waals surface area contributed by atoms with Crippen LogP contribution in [-0.4, -0.2) is 32.2 Å². The van der Waals surface area contributed by atoms with E-state index in [2.05, 4.69) is 10.6 Å². The molecule has 2 N–H and O–H groups in total. The van der Waals surface area contributed by atoms with Gasteiger partial charge in [-0.05, 0) is 37.0 Å². The van der Waals surface area contributed by atoms with E-state index in [1.165, 1.54) is 0 Å². The molecular weight excluding hydrogens is 276 g/mol. The third-order valence-corrected chi connectivity index (χ3v) is 3.80. The van der Waals surface area contributed by atoms with E-state index in [9.17, 15) is 4.79 Å². The molecule has 20 heavy (non-hydrogen) atoms. The van der Waals surface area contributed by atoms with Crippen LogP contribution in [0, 0.1) is 0 Å². The summed E-state index contributed by atoms with van der Waals surface area (Å²) in [5, 5.41) is 7.05. The van der Waals surface area contributed by atoms with Crippen molar-refractivity contribution in [1.29, 1.82) is 0 Å². The van der Waals surface area contributed by atoms with Crippen LogP contribution in [0.2, 0.25) is 5.02 Å². The monoisotopic (exact) mass is 296 g/mol. The maximum Gasteiger partial charge on any atom is 0.237 e. The van der Waals surface area contributed by atoms with Crippen LogP contribution in [0.25, 0.3) is 0 Å². The lowest BCUT2D eigenvalue weighted by Gasteiger charge is -2.24. The molecule has 2 atom stereocenters. The Morgan fingerprint density at radius 2 is 2.15 bits per heavy atom. The number of carbonyl (C=O) groups is 1. The number of ether oxygens (including phenoxy) is 1. The second-order valence-electron chi connectivity index (χ2n) is 5.07. The van der Waals surface area contributed by atoms with Crippen molar-refractivity contribution in [3.8, 4) is 0 Å². The Kier molecular flexibility index (Phi) is 5.83. The topological polar surface area (TPSA) is 50.4 Å². The molecule has 0 saturated carbocycles. The van der Waals surface area contributed by atoms with Crippen molar-refractivity contribution < 1.29 is 9.53 Å². The van der Waals surface area contributed by atoms with Crippen molar-refractivity contribution in [2.24, 2.45) is 0 Å². The highest BCUT2D eigenvalue weighted by molar-refractivity contribution is 6.30. The van der Waals surface area contributed by atoms with Crippen LogP contribution in [0.3, 0.4) is 0 Å². The maximum absolute atomic E-state index is 12.0. The average molecular weight is 297 g/mol. The summed E-state index contributed by atoms with van der Waals surface area (Å²) < 4.78 is 5.27. The molecule has 1 saturated heterocycles. The summed E-state index contributed by atoms with van der Waals surface area (Å²) in [7, 11) is 1.66. The van der Waals surface area contributed by atoms with Crippen LogP contribution in [0.1, 0.15) is 30.9 Å². The van der Waals surface area contributed by atoms with Crippen LogP contribution in [-0.2, 0) is 9.53 Å². The molecule has 0 bridgehead atoms. The van der Waals surface area contributed by atoms with Crippen LogP contribution < -0.4 is 10.6 Å². The number of hydrogen-bond acceptors (Lipinski definition) is 3. The molecule has 5 heteroatoms. The van der Waals surface area contributed by atoms with Crippen molar-refractivity contribution in [2.75, 3.05) is 20.3 Å². The van der Waals surface area contributed by atoms with E-state index in [4.69, 9.17) is 16.3 Å². The van der Waals surface area contributed by atoms with Crippen molar-refractivity contribution >= 4 is 17.5 Å². The molecule has 0 unspecified atom stereocenters. The molecule has 2 rings (SSSR count). The van der Waals surface area contributed by atoms with Crippen molar-refractivity contribution in [3.63, 3.8) is 0 Å². The summed E-state index contributed by atoms with van der Waals surface area (Å²) in [5.74, 6) is 0.0811. The highest BCUT2D eigenvalue weighted by Gasteiger charge is 2.24. The van der Waals surface area contributed by atoms with Crippen molar-refractivity contribution in [1.82, 2.24) is 10.6 Å². The molecule has 1 aromatic carbocycles. The second kappa shape index (κ2) is 7.62. The molecule has 1 aliphatic rings. The van der Waals surface area contributed by atoms with Crippen LogP contribution >= 0.6 is 11.6 Å². The van der Waals surface area contributed by atoms with Gasteiger partial charge in [-0.25, -0.2) is 0 Å². The first-order valence-electron chi connectivity index (χ1n) is 6.99. The largest absolute Gasteiger partial charge is 0.383 e. The van der Waals surface area contributed by atoms with Gasteiger partial charge in [0.25, 0.3) is 0 Å². The molecular formula is C15H21ClN2O2. The standard InChI is InChI=1S/C15H21ClN2O2/c1-20-10-14(11-5-7-12(16)8-6-11)18-13-4-2-3-9-17-15(13)19/h5-8,13-14,18H,2-4,9-10H2,1H3,(H,17,19)/t13-,14-/m0/s1. The minimum absolute atomic E-state index is 0.00823. The van der Waals surface area contributed by atoms with E-state index in [0.717, 1.165) is 31.4 Å². The molecule has 1 aromatic rings. The van der Waals surface area contributed by atoms with Crippen molar-refractivity contribution in [3.05, 3.63) is 34.9 Å². The van der Waals surface area contributed by atoms with Gasteiger partial charge in [-0.3, -0.25) is 10.1 Å². The van der Waals surface area contributed by atoms with E-state index in [1.54, 1.807) is 7.11 Å². The number of rotatable bonds is 5. The van der Waals surface area contributed by atoms with Gasteiger partial charge < -0.3 is 10.1 Å². The van der Waals surface area contributed by atoms with Crippen LogP contribution in [0.5, 0.6) is 0 Å². The number of nitrogens with one attached hydrogen (secondary N) is 2. The Morgan fingerprint density at radius 3 is 2.85 bits per heavy atom. The number of halogens is 1. The van der Waals surface area contributed by atoms with Gasteiger partial charge in [0.05, 0.1) is 18.7 Å². The highest BCUT2D eigenvalue weighted by atomic mass is 35.5. The average Bonchev–Trinajstić information content (AvgIpc) is 2.64. The van der Waals surface area contributed by atoms with Gasteiger partial charge in [0.15, 0.2) is 0 Å². The Labute approximate surface area is 124 Å². The predicted octanol–water partition coefficient (Wildman–Crippen LogP) is 2.29. The fourth-order valence-corrected chi connectivity index (χ4v) is 2.57. The molecule has 0 aliphatic carbocycles. The lowest BCUT2D eigenvalue weighted by atomic mass is 10.0. The third-order valence-electron chi connectivity index (χ3n) is 3.54. The van der Waals surface area contributed by atoms with Gasteiger partial charge >= 0.3 is 0 Å². The summed E-state index contributed by atoms with van der Waals surface area (Å²) in [6.07, 6.45) is 2.95. The number of carbonyl (C=O) groups excluding carboxylic acids is 1. The Balaban J connectivity index is 2.07. The molecule has 0 spiro atoms. The first-order valence-corrected chi connectivity index (χ1v) is 7.36. The van der Waals surface area contributed by atoms with E-state index in [0.29, 0.717) is 11.6 Å². The zero-order valence-electron chi connectivity index (χ0n) is 11.7. The van der Waals surface area contributed by atoms with Gasteiger partial charge in [-0.1, -0.05) is 23.7 Å². The summed E-state index contributed by atoms with van der Waals surface area (Å²) in [5.41, 5.74) is 1.08. The first kappa shape index (κ1) is 15.3. The van der Waals surface area contributed by atoms with Crippen molar-refractivity contribution in [2.45, 2.75) is 31.3 Å². The smallest absolute Gasteiger partial charge is 0.237 e. The Morgan fingerprint density at radius 1 is 1.40 bits per heavy atom. The van der Waals surface area contributed by atoms with Gasteiger partial charge in [-0.15, -0.1) is 0 Å². The predicted molar refractivity (Wildman–Crippen MR) is 79.9 cm³/mol. The number of amides is 1. The van der Waals surface area contributed by atoms with E-state index in [-0.39, 0.29) is 18.0 Å². The molecule has 1 amide bonds. The Hall–Kier alpha value is -1.10. The summed E-state index contributed by atoms with van der Waals surface area (Å²) in [4.78, 5) is 12.0. The molecule has 4 nitrogen and oxygen atoms in total. The lowest BCUT2D eigenvalue weighted by molar-refractivity contribution is -0.123. The second-order valence-corrected chi connectivity index (χ2v) is 5.50. The molecule has 1 heterocycles. The van der Waals surface area contributed by atoms with E-state index < -0.39 is 0 Å². The quantitative estimate of drug-likeness (QED) is 0.876. The summed E-state index contributed by atoms with van der Waals surface area (Å²) in [6.45, 7) is 1.29. The molecule has 110 valence electrons. The lowest BCUT2D eigenvalue weighted by Crippen LogP contribution is -2.45. The molecule has 1 fully saturated rings. The third kappa shape index (κ3) is 4.20. The number of methoxy groups -OCH3 is 1. The fourth-order valence-electron chi connectivity index (χ4n) is 2.44. The summed E-state index contributed by atoms with van der Waals surface area (Å²) in [6, 6.07) is 7.48. The minimum Gasteiger partial charge on any atom is -0.383 e. The summed E-state index contributed by atoms with van der Waals surface area (Å²) >= 11 is 5.91. The minimum atomic E-state index is -0.159. The Bertz CT molecular complexity index is 436. The van der Waals surface area contributed by atoms with E-state index in [1.807, 2.05) is 24.3 Å². The fraction of sp³-hybridized carbons (Fsp3) is 0.533. The molecule has 0 aromatic heterocycles. The maximum atomic E-state index is 12.0. The van der Waals surface area contributed by atoms with Crippen LogP contribution in [0.15, 0.2) is 24.3 Å². The highest BCUT2D eigenvalue weighted by Crippen LogP contribution is 2.19. The number of benzene rings is 1. The first-order chi connectivity index (χ1) is 9.70. The molecule has 1 aliphatic heterocycles. The van der Waals surface area contributed by atoms with Crippen LogP contribution in [0.4, 0.5) is 0 Å². The normalized spacial score (nSPS) is 21.1. The van der Waals surface area contributed by atoms with Gasteiger partial charge in [-0.2, -0.15) is 0 Å². The van der Waals surface area contributed by atoms with Gasteiger partial charge in [0.1, 0.15) is 0 Å². The zero-order chi connectivity index (χ0) is 14.4. The van der Waals surface area contributed by atoms with Gasteiger partial charge in [0.2, 0.25) is 5.91 Å². The van der Waals surface area contributed by atoms with Gasteiger partial charge in [0, 0.05) is 18.7 Å². The molecule has 0 radical (unpaired) electrons. The number of hydrogen-bond donors (Lipinski definition) is 2. The SMILES string of the molecule is COC[C@H](N[C@H]1CCCCNC1=O)c1ccc(Cl)cc1. The zero-order valence-corrected chi connectivity index (χ0v) is 12.5. The van der Waals surface area contributed by atoms with E-state index >= 15 is 0 Å².